The summed E-state index contributed by atoms with van der Waals surface area (Å²) in [6.45, 7) is 0.739. The number of carbonyl (C=O) groups excluding carboxylic acids is 1. The summed E-state index contributed by atoms with van der Waals surface area (Å²) in [7, 11) is 1.56. The number of fused-ring (bicyclic) bond motifs is 2. The molecule has 2 aliphatic rings. The predicted octanol–water partition coefficient (Wildman–Crippen LogP) is 1.94. The highest BCUT2D eigenvalue weighted by Crippen LogP contribution is 2.51. The number of nitrogens with two attached hydrogens (primary N) is 1. The molecule has 1 amide bonds. The van der Waals surface area contributed by atoms with Crippen LogP contribution in [0.1, 0.15) is 30.4 Å². The molecule has 0 spiro atoms. The van der Waals surface area contributed by atoms with Crippen molar-refractivity contribution in [2.24, 2.45) is 11.1 Å². The summed E-state index contributed by atoms with van der Waals surface area (Å²) >= 11 is 0. The van der Waals surface area contributed by atoms with Gasteiger partial charge in [0.2, 0.25) is 5.91 Å². The van der Waals surface area contributed by atoms with Gasteiger partial charge in [-0.2, -0.15) is 0 Å². The molecule has 2 bridgehead atoms. The van der Waals surface area contributed by atoms with Gasteiger partial charge in [-0.15, -0.1) is 0 Å². The van der Waals surface area contributed by atoms with Gasteiger partial charge in [0.25, 0.3) is 0 Å². The van der Waals surface area contributed by atoms with Gasteiger partial charge < -0.3 is 10.5 Å². The molecule has 2 aromatic rings. The third-order valence-electron chi connectivity index (χ3n) is 5.96. The number of nitrogens with zero attached hydrogens (tertiary/aromatic N) is 3. The number of rotatable bonds is 6. The van der Waals surface area contributed by atoms with Crippen molar-refractivity contribution in [1.29, 1.82) is 0 Å². The maximum absolute atomic E-state index is 12.6. The summed E-state index contributed by atoms with van der Waals surface area (Å²) in [5, 5.41) is 0. The molecule has 3 atom stereocenters. The van der Waals surface area contributed by atoms with E-state index in [0.717, 1.165) is 31.4 Å². The van der Waals surface area contributed by atoms with Crippen LogP contribution in [0.3, 0.4) is 0 Å². The largest absolute Gasteiger partial charge is 0.467 e. The molecule has 2 N–H and O–H groups in total. The summed E-state index contributed by atoms with van der Waals surface area (Å²) < 4.78 is 5.03. The first kappa shape index (κ1) is 17.0. The molecule has 0 radical (unpaired) electrons. The fourth-order valence-electron chi connectivity index (χ4n) is 4.79. The lowest BCUT2D eigenvalue weighted by Crippen LogP contribution is -2.48. The van der Waals surface area contributed by atoms with E-state index < -0.39 is 5.41 Å². The topological polar surface area (TPSA) is 81.3 Å². The van der Waals surface area contributed by atoms with Gasteiger partial charge in [-0.25, -0.2) is 9.97 Å². The molecule has 1 aromatic carbocycles. The number of methoxy groups -OCH3 is 1. The molecule has 4 rings (SSSR count). The Morgan fingerprint density at radius 3 is 2.62 bits per heavy atom. The van der Waals surface area contributed by atoms with Gasteiger partial charge >= 0.3 is 6.01 Å². The molecule has 6 heteroatoms. The molecule has 0 unspecified atom stereocenters. The number of ether oxygens (including phenoxy) is 1. The minimum absolute atomic E-state index is 0.173. The van der Waals surface area contributed by atoms with Gasteiger partial charge in [0.05, 0.1) is 12.5 Å². The molecule has 136 valence electrons. The van der Waals surface area contributed by atoms with Gasteiger partial charge in [-0.3, -0.25) is 9.69 Å². The molecule has 3 heterocycles. The van der Waals surface area contributed by atoms with Crippen LogP contribution < -0.4 is 10.5 Å². The lowest BCUT2D eigenvalue weighted by atomic mass is 9.69. The van der Waals surface area contributed by atoms with Crippen molar-refractivity contribution in [2.75, 3.05) is 7.11 Å². The van der Waals surface area contributed by atoms with Crippen LogP contribution >= 0.6 is 0 Å². The second-order valence-corrected chi connectivity index (χ2v) is 7.38. The highest BCUT2D eigenvalue weighted by Gasteiger charge is 2.58. The predicted molar refractivity (Wildman–Crippen MR) is 97.3 cm³/mol. The summed E-state index contributed by atoms with van der Waals surface area (Å²) in [6.07, 6.45) is 7.27. The van der Waals surface area contributed by atoms with Crippen molar-refractivity contribution < 1.29 is 9.53 Å². The summed E-state index contributed by atoms with van der Waals surface area (Å²) in [5.41, 5.74) is 7.67. The zero-order valence-electron chi connectivity index (χ0n) is 15.0. The number of benzene rings is 1. The van der Waals surface area contributed by atoms with Crippen molar-refractivity contribution in [3.63, 3.8) is 0 Å². The van der Waals surface area contributed by atoms with Crippen LogP contribution in [-0.4, -0.2) is 40.0 Å². The fourth-order valence-corrected chi connectivity index (χ4v) is 4.79. The van der Waals surface area contributed by atoms with Crippen LogP contribution in [0.15, 0.2) is 42.7 Å². The number of carbonyl (C=O) groups is 1. The van der Waals surface area contributed by atoms with E-state index in [9.17, 15) is 4.79 Å². The normalized spacial score (nSPS) is 27.6. The number of aromatic nitrogens is 2. The van der Waals surface area contributed by atoms with Crippen LogP contribution in [0, 0.1) is 5.41 Å². The summed E-state index contributed by atoms with van der Waals surface area (Å²) in [6, 6.07) is 11.1. The Bertz CT molecular complexity index is 780. The zero-order chi connectivity index (χ0) is 18.1. The fraction of sp³-hybridized carbons (Fsp3) is 0.450. The molecule has 1 aromatic heterocycles. The number of amides is 1. The molecule has 2 fully saturated rings. The van der Waals surface area contributed by atoms with E-state index >= 15 is 0 Å². The van der Waals surface area contributed by atoms with Crippen LogP contribution in [-0.2, 0) is 17.8 Å². The third kappa shape index (κ3) is 2.84. The van der Waals surface area contributed by atoms with Gasteiger partial charge in [0.1, 0.15) is 0 Å². The molecular weight excluding hydrogens is 328 g/mol. The lowest BCUT2D eigenvalue weighted by molar-refractivity contribution is -0.129. The molecule has 0 aliphatic carbocycles. The first-order valence-corrected chi connectivity index (χ1v) is 9.07. The number of primary amides is 1. The van der Waals surface area contributed by atoms with Crippen molar-refractivity contribution in [3.8, 4) is 6.01 Å². The second kappa shape index (κ2) is 6.68. The highest BCUT2D eigenvalue weighted by molar-refractivity contribution is 5.83. The first-order valence-electron chi connectivity index (χ1n) is 9.07. The smallest absolute Gasteiger partial charge is 0.316 e. The molecule has 0 saturated carbocycles. The minimum Gasteiger partial charge on any atom is -0.467 e. The van der Waals surface area contributed by atoms with Gasteiger partial charge in [0.15, 0.2) is 0 Å². The minimum atomic E-state index is -0.488. The van der Waals surface area contributed by atoms with Gasteiger partial charge in [-0.05, 0) is 31.2 Å². The Hall–Kier alpha value is -2.47. The average molecular weight is 352 g/mol. The second-order valence-electron chi connectivity index (χ2n) is 7.38. The third-order valence-corrected chi connectivity index (χ3v) is 5.96. The molecular formula is C20H24N4O2. The van der Waals surface area contributed by atoms with Crippen LogP contribution in [0.4, 0.5) is 0 Å². The van der Waals surface area contributed by atoms with Crippen LogP contribution in [0.5, 0.6) is 6.01 Å². The maximum atomic E-state index is 12.6. The standard InChI is InChI=1S/C20H24N4O2/c1-26-19-22-11-15(12-23-19)13-24-16-7-8-17(24)20(10-16,18(21)25)9-14-5-3-2-4-6-14/h2-6,11-12,16-17H,7-10,13H2,1H3,(H2,21,25)/t16-,17+,20+/m0/s1. The Kier molecular flexibility index (Phi) is 4.36. The van der Waals surface area contributed by atoms with Crippen molar-refractivity contribution in [1.82, 2.24) is 14.9 Å². The molecule has 2 saturated heterocycles. The first-order chi connectivity index (χ1) is 12.6. The van der Waals surface area contributed by atoms with E-state index in [1.165, 1.54) is 5.56 Å². The van der Waals surface area contributed by atoms with E-state index in [1.54, 1.807) is 19.5 Å². The maximum Gasteiger partial charge on any atom is 0.316 e. The Morgan fingerprint density at radius 2 is 1.96 bits per heavy atom. The lowest BCUT2D eigenvalue weighted by Gasteiger charge is -2.35. The monoisotopic (exact) mass is 352 g/mol. The van der Waals surface area contributed by atoms with E-state index in [-0.39, 0.29) is 11.9 Å². The van der Waals surface area contributed by atoms with Gasteiger partial charge in [0, 0.05) is 36.6 Å². The highest BCUT2D eigenvalue weighted by atomic mass is 16.5. The van der Waals surface area contributed by atoms with Crippen molar-refractivity contribution in [3.05, 3.63) is 53.9 Å². The molecule has 6 nitrogen and oxygen atoms in total. The van der Waals surface area contributed by atoms with E-state index in [0.29, 0.717) is 18.5 Å². The zero-order valence-corrected chi connectivity index (χ0v) is 15.0. The Morgan fingerprint density at radius 1 is 1.23 bits per heavy atom. The SMILES string of the molecule is COc1ncc(CN2[C@H]3CC[C@@H]2[C@](Cc2ccccc2)(C(N)=O)C3)cn1. The Balaban J connectivity index is 1.57. The number of hydrogen-bond acceptors (Lipinski definition) is 5. The summed E-state index contributed by atoms with van der Waals surface area (Å²) in [4.78, 5) is 23.4. The van der Waals surface area contributed by atoms with Crippen LogP contribution in [0.2, 0.25) is 0 Å². The Labute approximate surface area is 153 Å². The van der Waals surface area contributed by atoms with E-state index in [1.807, 2.05) is 18.2 Å². The number of hydrogen-bond donors (Lipinski definition) is 1. The van der Waals surface area contributed by atoms with Crippen molar-refractivity contribution >= 4 is 5.91 Å². The summed E-state index contributed by atoms with van der Waals surface area (Å²) in [5.74, 6) is -0.176. The van der Waals surface area contributed by atoms with Gasteiger partial charge in [-0.1, -0.05) is 30.3 Å². The van der Waals surface area contributed by atoms with E-state index in [2.05, 4.69) is 27.0 Å². The quantitative estimate of drug-likeness (QED) is 0.859. The molecule has 2 aliphatic heterocycles. The van der Waals surface area contributed by atoms with Crippen molar-refractivity contribution in [2.45, 2.75) is 44.3 Å². The average Bonchev–Trinajstić information content (AvgIpc) is 3.18. The van der Waals surface area contributed by atoms with E-state index in [4.69, 9.17) is 10.5 Å². The van der Waals surface area contributed by atoms with Crippen LogP contribution in [0.25, 0.3) is 0 Å². The molecule has 26 heavy (non-hydrogen) atoms.